The van der Waals surface area contributed by atoms with Gasteiger partial charge in [-0.2, -0.15) is 0 Å². The number of rotatable bonds is 5. The predicted molar refractivity (Wildman–Crippen MR) is 59.5 cm³/mol. The van der Waals surface area contributed by atoms with Gasteiger partial charge >= 0.3 is 0 Å². The molecule has 0 radical (unpaired) electrons. The molecule has 0 spiro atoms. The molecule has 4 heteroatoms. The van der Waals surface area contributed by atoms with Gasteiger partial charge in [-0.25, -0.2) is 0 Å². The summed E-state index contributed by atoms with van der Waals surface area (Å²) >= 11 is 0. The highest BCUT2D eigenvalue weighted by Crippen LogP contribution is 2.23. The lowest BCUT2D eigenvalue weighted by Crippen LogP contribution is -2.44. The third kappa shape index (κ3) is 5.14. The molecule has 0 aromatic rings. The van der Waals surface area contributed by atoms with Crippen molar-refractivity contribution in [3.8, 4) is 0 Å². The third-order valence-corrected chi connectivity index (χ3v) is 2.73. The number of amides is 1. The molecule has 1 aliphatic heterocycles. The van der Waals surface area contributed by atoms with Gasteiger partial charge in [0.25, 0.3) is 0 Å². The molecule has 1 heterocycles. The van der Waals surface area contributed by atoms with Crippen LogP contribution in [0.3, 0.4) is 0 Å². The van der Waals surface area contributed by atoms with Gasteiger partial charge in [-0.1, -0.05) is 0 Å². The SMILES string of the molecule is CC1(C)CC(NCCCC(N)=O)CCO1. The van der Waals surface area contributed by atoms with Crippen LogP contribution >= 0.6 is 0 Å². The molecule has 1 aliphatic rings. The van der Waals surface area contributed by atoms with E-state index in [9.17, 15) is 4.79 Å². The van der Waals surface area contributed by atoms with Gasteiger partial charge in [-0.3, -0.25) is 4.79 Å². The summed E-state index contributed by atoms with van der Waals surface area (Å²) in [7, 11) is 0. The van der Waals surface area contributed by atoms with E-state index in [1.165, 1.54) is 0 Å². The average molecular weight is 214 g/mol. The Hall–Kier alpha value is -0.610. The molecule has 1 unspecified atom stereocenters. The van der Waals surface area contributed by atoms with Crippen molar-refractivity contribution in [3.63, 3.8) is 0 Å². The van der Waals surface area contributed by atoms with Crippen molar-refractivity contribution in [2.45, 2.75) is 51.2 Å². The molecule has 1 atom stereocenters. The molecule has 15 heavy (non-hydrogen) atoms. The number of nitrogens with two attached hydrogens (primary N) is 1. The number of carbonyl (C=O) groups excluding carboxylic acids is 1. The molecule has 0 saturated carbocycles. The number of carbonyl (C=O) groups is 1. The first-order valence-electron chi connectivity index (χ1n) is 5.65. The standard InChI is InChI=1S/C11H22N2O2/c1-11(2)8-9(5-7-15-11)13-6-3-4-10(12)14/h9,13H,3-8H2,1-2H3,(H2,12,14). The van der Waals surface area contributed by atoms with Crippen LogP contribution in [0.4, 0.5) is 0 Å². The molecule has 88 valence electrons. The minimum absolute atomic E-state index is 0.0143. The van der Waals surface area contributed by atoms with E-state index in [-0.39, 0.29) is 11.5 Å². The lowest BCUT2D eigenvalue weighted by Gasteiger charge is -2.36. The van der Waals surface area contributed by atoms with Crippen molar-refractivity contribution in [1.29, 1.82) is 0 Å². The molecule has 1 saturated heterocycles. The Bertz CT molecular complexity index is 217. The first-order chi connectivity index (χ1) is 6.99. The van der Waals surface area contributed by atoms with Crippen LogP contribution in [0.1, 0.15) is 39.5 Å². The van der Waals surface area contributed by atoms with E-state index in [0.29, 0.717) is 12.5 Å². The highest BCUT2D eigenvalue weighted by atomic mass is 16.5. The third-order valence-electron chi connectivity index (χ3n) is 2.73. The van der Waals surface area contributed by atoms with Gasteiger partial charge in [0.1, 0.15) is 0 Å². The Kier molecular flexibility index (Phi) is 4.54. The molecule has 1 amide bonds. The van der Waals surface area contributed by atoms with E-state index >= 15 is 0 Å². The van der Waals surface area contributed by atoms with E-state index in [1.54, 1.807) is 0 Å². The predicted octanol–water partition coefficient (Wildman–Crippen LogP) is 0.799. The quantitative estimate of drug-likeness (QED) is 0.665. The average Bonchev–Trinajstić information content (AvgIpc) is 2.10. The number of ether oxygens (including phenoxy) is 1. The minimum atomic E-state index is -0.218. The Morgan fingerprint density at radius 2 is 2.33 bits per heavy atom. The maximum absolute atomic E-state index is 10.5. The van der Waals surface area contributed by atoms with Gasteiger partial charge in [0.15, 0.2) is 0 Å². The van der Waals surface area contributed by atoms with E-state index in [1.807, 2.05) is 0 Å². The normalized spacial score (nSPS) is 25.1. The summed E-state index contributed by atoms with van der Waals surface area (Å²) in [5.74, 6) is -0.218. The van der Waals surface area contributed by atoms with Crippen LogP contribution in [0, 0.1) is 0 Å². The first kappa shape index (κ1) is 12.5. The Morgan fingerprint density at radius 3 is 2.93 bits per heavy atom. The summed E-state index contributed by atoms with van der Waals surface area (Å²) in [4.78, 5) is 10.5. The monoisotopic (exact) mass is 214 g/mol. The van der Waals surface area contributed by atoms with Crippen molar-refractivity contribution in [3.05, 3.63) is 0 Å². The lowest BCUT2D eigenvalue weighted by atomic mass is 9.94. The van der Waals surface area contributed by atoms with Crippen LogP contribution in [-0.2, 0) is 9.53 Å². The molecule has 1 fully saturated rings. The fraction of sp³-hybridized carbons (Fsp3) is 0.909. The zero-order chi connectivity index (χ0) is 11.3. The van der Waals surface area contributed by atoms with Gasteiger partial charge in [0.05, 0.1) is 5.60 Å². The topological polar surface area (TPSA) is 64.3 Å². The van der Waals surface area contributed by atoms with Crippen LogP contribution in [0.5, 0.6) is 0 Å². The fourth-order valence-electron chi connectivity index (χ4n) is 1.97. The van der Waals surface area contributed by atoms with Gasteiger partial charge < -0.3 is 15.8 Å². The van der Waals surface area contributed by atoms with Crippen molar-refractivity contribution in [2.75, 3.05) is 13.2 Å². The van der Waals surface area contributed by atoms with Gasteiger partial charge in [-0.15, -0.1) is 0 Å². The molecule has 0 bridgehead atoms. The zero-order valence-electron chi connectivity index (χ0n) is 9.71. The van der Waals surface area contributed by atoms with Crippen molar-refractivity contribution < 1.29 is 9.53 Å². The minimum Gasteiger partial charge on any atom is -0.375 e. The Morgan fingerprint density at radius 1 is 1.60 bits per heavy atom. The van der Waals surface area contributed by atoms with Gasteiger partial charge in [0.2, 0.25) is 5.91 Å². The second-order valence-electron chi connectivity index (χ2n) is 4.82. The summed E-state index contributed by atoms with van der Waals surface area (Å²) < 4.78 is 5.63. The second kappa shape index (κ2) is 5.47. The molecule has 4 nitrogen and oxygen atoms in total. The number of hydrogen-bond acceptors (Lipinski definition) is 3. The highest BCUT2D eigenvalue weighted by molar-refractivity contribution is 5.73. The summed E-state index contributed by atoms with van der Waals surface area (Å²) in [5, 5.41) is 3.44. The summed E-state index contributed by atoms with van der Waals surface area (Å²) in [6, 6.07) is 0.515. The molecular formula is C11H22N2O2. The Balaban J connectivity index is 2.13. The molecular weight excluding hydrogens is 192 g/mol. The molecule has 1 rings (SSSR count). The smallest absolute Gasteiger partial charge is 0.217 e. The largest absolute Gasteiger partial charge is 0.375 e. The van der Waals surface area contributed by atoms with Crippen LogP contribution < -0.4 is 11.1 Å². The molecule has 0 aromatic heterocycles. The van der Waals surface area contributed by atoms with Gasteiger partial charge in [0, 0.05) is 19.1 Å². The van der Waals surface area contributed by atoms with E-state index in [4.69, 9.17) is 10.5 Å². The maximum Gasteiger partial charge on any atom is 0.217 e. The van der Waals surface area contributed by atoms with E-state index < -0.39 is 0 Å². The second-order valence-corrected chi connectivity index (χ2v) is 4.82. The fourth-order valence-corrected chi connectivity index (χ4v) is 1.97. The van der Waals surface area contributed by atoms with Crippen molar-refractivity contribution in [2.24, 2.45) is 5.73 Å². The summed E-state index contributed by atoms with van der Waals surface area (Å²) in [5.41, 5.74) is 5.05. The molecule has 0 aromatic carbocycles. The zero-order valence-corrected chi connectivity index (χ0v) is 9.71. The van der Waals surface area contributed by atoms with Crippen molar-refractivity contribution in [1.82, 2.24) is 5.32 Å². The van der Waals surface area contributed by atoms with Crippen LogP contribution in [0.25, 0.3) is 0 Å². The summed E-state index contributed by atoms with van der Waals surface area (Å²) in [6.45, 7) is 5.92. The van der Waals surface area contributed by atoms with Crippen LogP contribution in [0.15, 0.2) is 0 Å². The number of nitrogens with one attached hydrogen (secondary N) is 1. The number of hydrogen-bond donors (Lipinski definition) is 2. The first-order valence-corrected chi connectivity index (χ1v) is 5.65. The van der Waals surface area contributed by atoms with E-state index in [2.05, 4.69) is 19.2 Å². The van der Waals surface area contributed by atoms with Crippen LogP contribution in [-0.4, -0.2) is 30.7 Å². The maximum atomic E-state index is 10.5. The molecule has 0 aliphatic carbocycles. The molecule has 3 N–H and O–H groups in total. The number of primary amides is 1. The highest BCUT2D eigenvalue weighted by Gasteiger charge is 2.28. The van der Waals surface area contributed by atoms with Gasteiger partial charge in [-0.05, 0) is 39.7 Å². The van der Waals surface area contributed by atoms with Crippen molar-refractivity contribution >= 4 is 5.91 Å². The summed E-state index contributed by atoms with van der Waals surface area (Å²) in [6.07, 6.45) is 3.39. The van der Waals surface area contributed by atoms with Crippen LogP contribution in [0.2, 0.25) is 0 Å². The lowest BCUT2D eigenvalue weighted by molar-refractivity contribution is -0.118. The van der Waals surface area contributed by atoms with E-state index in [0.717, 1.165) is 32.4 Å². The Labute approximate surface area is 91.5 Å².